The average Bonchev–Trinajstić information content (AvgIpc) is 2.33. The highest BCUT2D eigenvalue weighted by molar-refractivity contribution is 6.30. The molecule has 0 amide bonds. The van der Waals surface area contributed by atoms with E-state index in [2.05, 4.69) is 0 Å². The molecular formula is C14H12ClFO. The molecule has 1 nitrogen and oxygen atoms in total. The second kappa shape index (κ2) is 4.86. The molecular weight excluding hydrogens is 239 g/mol. The average molecular weight is 251 g/mol. The van der Waals surface area contributed by atoms with E-state index in [1.807, 2.05) is 31.2 Å². The summed E-state index contributed by atoms with van der Waals surface area (Å²) in [6, 6.07) is 11.8. The van der Waals surface area contributed by atoms with Gasteiger partial charge in [0.1, 0.15) is 11.9 Å². The maximum atomic E-state index is 13.3. The summed E-state index contributed by atoms with van der Waals surface area (Å²) in [6.45, 7) is 1.97. The van der Waals surface area contributed by atoms with Crippen LogP contribution in [0.25, 0.3) is 0 Å². The predicted octanol–water partition coefficient (Wildman–Crippen LogP) is 3.87. The molecule has 0 spiro atoms. The van der Waals surface area contributed by atoms with Crippen molar-refractivity contribution < 1.29 is 9.50 Å². The second-order valence-electron chi connectivity index (χ2n) is 3.99. The van der Waals surface area contributed by atoms with E-state index in [1.54, 1.807) is 6.07 Å². The van der Waals surface area contributed by atoms with Crippen molar-refractivity contribution in [2.45, 2.75) is 13.0 Å². The zero-order valence-electron chi connectivity index (χ0n) is 9.32. The molecule has 2 rings (SSSR count). The molecule has 0 heterocycles. The zero-order valence-corrected chi connectivity index (χ0v) is 10.1. The molecule has 0 aliphatic carbocycles. The number of hydrogen-bond donors (Lipinski definition) is 1. The molecule has 0 fully saturated rings. The third kappa shape index (κ3) is 2.65. The van der Waals surface area contributed by atoms with E-state index in [-0.39, 0.29) is 5.02 Å². The fraction of sp³-hybridized carbons (Fsp3) is 0.143. The van der Waals surface area contributed by atoms with Gasteiger partial charge in [-0.2, -0.15) is 0 Å². The highest BCUT2D eigenvalue weighted by atomic mass is 35.5. The van der Waals surface area contributed by atoms with Gasteiger partial charge in [0.15, 0.2) is 0 Å². The van der Waals surface area contributed by atoms with Gasteiger partial charge in [-0.1, -0.05) is 47.5 Å². The summed E-state index contributed by atoms with van der Waals surface area (Å²) in [5.41, 5.74) is 2.34. The van der Waals surface area contributed by atoms with Crippen LogP contribution < -0.4 is 0 Å². The minimum absolute atomic E-state index is 0.0601. The smallest absolute Gasteiger partial charge is 0.142 e. The molecule has 0 saturated heterocycles. The van der Waals surface area contributed by atoms with Crippen molar-refractivity contribution in [1.29, 1.82) is 0 Å². The van der Waals surface area contributed by atoms with Crippen LogP contribution in [0.1, 0.15) is 22.8 Å². The van der Waals surface area contributed by atoms with Gasteiger partial charge in [-0.15, -0.1) is 0 Å². The van der Waals surface area contributed by atoms with Crippen molar-refractivity contribution >= 4 is 11.6 Å². The Kier molecular flexibility index (Phi) is 3.46. The van der Waals surface area contributed by atoms with Crippen LogP contribution in [-0.4, -0.2) is 5.11 Å². The molecule has 0 unspecified atom stereocenters. The summed E-state index contributed by atoms with van der Waals surface area (Å²) in [5, 5.41) is 10.1. The highest BCUT2D eigenvalue weighted by Gasteiger charge is 2.12. The van der Waals surface area contributed by atoms with E-state index in [4.69, 9.17) is 11.6 Å². The number of aliphatic hydroxyl groups excluding tert-OH is 1. The first-order valence-electron chi connectivity index (χ1n) is 5.27. The highest BCUT2D eigenvalue weighted by Crippen LogP contribution is 2.25. The minimum Gasteiger partial charge on any atom is -0.384 e. The maximum Gasteiger partial charge on any atom is 0.142 e. The monoisotopic (exact) mass is 250 g/mol. The third-order valence-corrected chi connectivity index (χ3v) is 2.96. The number of rotatable bonds is 2. The van der Waals surface area contributed by atoms with E-state index >= 15 is 0 Å². The Morgan fingerprint density at radius 1 is 1.06 bits per heavy atom. The van der Waals surface area contributed by atoms with Crippen LogP contribution in [0.4, 0.5) is 4.39 Å². The topological polar surface area (TPSA) is 20.2 Å². The Hall–Kier alpha value is -1.38. The molecule has 0 aromatic heterocycles. The normalized spacial score (nSPS) is 12.5. The van der Waals surface area contributed by atoms with Gasteiger partial charge in [-0.25, -0.2) is 4.39 Å². The van der Waals surface area contributed by atoms with Crippen LogP contribution in [-0.2, 0) is 0 Å². The molecule has 2 aromatic carbocycles. The van der Waals surface area contributed by atoms with Gasteiger partial charge >= 0.3 is 0 Å². The van der Waals surface area contributed by atoms with Crippen molar-refractivity contribution in [1.82, 2.24) is 0 Å². The molecule has 1 atom stereocenters. The van der Waals surface area contributed by atoms with Crippen LogP contribution in [0, 0.1) is 12.7 Å². The Morgan fingerprint density at radius 2 is 1.65 bits per heavy atom. The summed E-state index contributed by atoms with van der Waals surface area (Å²) in [5.74, 6) is -0.518. The van der Waals surface area contributed by atoms with E-state index in [1.165, 1.54) is 12.1 Å². The van der Waals surface area contributed by atoms with Crippen LogP contribution in [0.3, 0.4) is 0 Å². The lowest BCUT2D eigenvalue weighted by Gasteiger charge is -2.12. The Labute approximate surface area is 104 Å². The minimum atomic E-state index is -0.831. The predicted molar refractivity (Wildman–Crippen MR) is 66.7 cm³/mol. The first-order chi connectivity index (χ1) is 8.08. The quantitative estimate of drug-likeness (QED) is 0.858. The molecule has 2 aromatic rings. The molecule has 0 aliphatic rings. The maximum absolute atomic E-state index is 13.3. The number of aryl methyl sites for hydroxylation is 1. The number of hydrogen-bond acceptors (Lipinski definition) is 1. The lowest BCUT2D eigenvalue weighted by molar-refractivity contribution is 0.220. The fourth-order valence-electron chi connectivity index (χ4n) is 1.62. The molecule has 0 aliphatic heterocycles. The molecule has 88 valence electrons. The van der Waals surface area contributed by atoms with Gasteiger partial charge in [0, 0.05) is 0 Å². The van der Waals surface area contributed by atoms with Gasteiger partial charge in [0.25, 0.3) is 0 Å². The van der Waals surface area contributed by atoms with Gasteiger partial charge in [-0.3, -0.25) is 0 Å². The molecule has 0 bridgehead atoms. The van der Waals surface area contributed by atoms with E-state index in [0.717, 1.165) is 11.1 Å². The first kappa shape index (κ1) is 12.1. The zero-order chi connectivity index (χ0) is 12.4. The third-order valence-electron chi connectivity index (χ3n) is 2.65. The van der Waals surface area contributed by atoms with E-state index < -0.39 is 11.9 Å². The van der Waals surface area contributed by atoms with Crippen LogP contribution in [0.5, 0.6) is 0 Å². The van der Waals surface area contributed by atoms with Gasteiger partial charge in [0.2, 0.25) is 0 Å². The van der Waals surface area contributed by atoms with Crippen LogP contribution in [0.2, 0.25) is 5.02 Å². The molecule has 0 radical (unpaired) electrons. The van der Waals surface area contributed by atoms with Crippen molar-refractivity contribution in [3.8, 4) is 0 Å². The summed E-state index contributed by atoms with van der Waals surface area (Å²) in [7, 11) is 0. The number of aliphatic hydroxyl groups is 1. The van der Waals surface area contributed by atoms with E-state index in [9.17, 15) is 9.50 Å². The Morgan fingerprint density at radius 3 is 2.24 bits per heavy atom. The van der Waals surface area contributed by atoms with Crippen LogP contribution in [0.15, 0.2) is 42.5 Å². The number of halogens is 2. The van der Waals surface area contributed by atoms with Gasteiger partial charge < -0.3 is 5.11 Å². The van der Waals surface area contributed by atoms with Gasteiger partial charge in [0.05, 0.1) is 5.02 Å². The summed E-state index contributed by atoms with van der Waals surface area (Å²) >= 11 is 5.60. The molecule has 17 heavy (non-hydrogen) atoms. The second-order valence-corrected chi connectivity index (χ2v) is 4.39. The molecule has 1 N–H and O–H groups in total. The Balaban J connectivity index is 2.33. The largest absolute Gasteiger partial charge is 0.384 e. The van der Waals surface area contributed by atoms with Crippen molar-refractivity contribution in [3.05, 3.63) is 70.0 Å². The van der Waals surface area contributed by atoms with E-state index in [0.29, 0.717) is 5.56 Å². The first-order valence-corrected chi connectivity index (χ1v) is 5.65. The van der Waals surface area contributed by atoms with Crippen molar-refractivity contribution in [2.24, 2.45) is 0 Å². The summed E-state index contributed by atoms with van der Waals surface area (Å²) < 4.78 is 13.3. The van der Waals surface area contributed by atoms with Gasteiger partial charge in [-0.05, 0) is 30.2 Å². The number of benzene rings is 2. The van der Waals surface area contributed by atoms with Crippen LogP contribution >= 0.6 is 11.6 Å². The molecule has 3 heteroatoms. The lowest BCUT2D eigenvalue weighted by atomic mass is 10.0. The lowest BCUT2D eigenvalue weighted by Crippen LogP contribution is -2.00. The van der Waals surface area contributed by atoms with Crippen molar-refractivity contribution in [2.75, 3.05) is 0 Å². The Bertz CT molecular complexity index is 522. The summed E-state index contributed by atoms with van der Waals surface area (Å²) in [4.78, 5) is 0. The summed E-state index contributed by atoms with van der Waals surface area (Å²) in [6.07, 6.45) is -0.831. The molecule has 0 saturated carbocycles. The standard InChI is InChI=1S/C14H12ClFO/c1-9-2-4-10(5-3-9)14(17)11-6-7-12(15)13(16)8-11/h2-8,14,17H,1H3/t14-/m0/s1. The SMILES string of the molecule is Cc1ccc([C@H](O)c2ccc(Cl)c(F)c2)cc1. The fourth-order valence-corrected chi connectivity index (χ4v) is 1.74. The van der Waals surface area contributed by atoms with Crippen molar-refractivity contribution in [3.63, 3.8) is 0 Å².